The number of carbonyl (C=O) groups excluding carboxylic acids is 1. The van der Waals surface area contributed by atoms with Crippen LogP contribution in [0.25, 0.3) is 22.3 Å². The van der Waals surface area contributed by atoms with E-state index in [-0.39, 0.29) is 11.9 Å². The summed E-state index contributed by atoms with van der Waals surface area (Å²) < 4.78 is 8.79. The molecule has 1 atom stereocenters. The molecule has 3 heterocycles. The fraction of sp³-hybridized carbons (Fsp3) is 0.304. The molecule has 0 spiro atoms. The van der Waals surface area contributed by atoms with Crippen molar-refractivity contribution in [1.82, 2.24) is 29.9 Å². The number of aryl methyl sites for hydroxylation is 3. The molecule has 0 aliphatic heterocycles. The van der Waals surface area contributed by atoms with Gasteiger partial charge in [0.1, 0.15) is 5.75 Å². The van der Waals surface area contributed by atoms with Crippen molar-refractivity contribution in [3.05, 3.63) is 59.5 Å². The fourth-order valence-corrected chi connectivity index (χ4v) is 3.73. The molecule has 0 radical (unpaired) electrons. The number of methoxy groups -OCH3 is 1. The number of aromatic nitrogens is 5. The predicted octanol–water partition coefficient (Wildman–Crippen LogP) is 3.28. The molecule has 0 bridgehead atoms. The van der Waals surface area contributed by atoms with Crippen molar-refractivity contribution in [3.8, 4) is 17.0 Å². The Labute approximate surface area is 180 Å². The summed E-state index contributed by atoms with van der Waals surface area (Å²) in [5.74, 6) is 0.608. The summed E-state index contributed by atoms with van der Waals surface area (Å²) >= 11 is 0. The zero-order chi connectivity index (χ0) is 22.1. The highest BCUT2D eigenvalue weighted by atomic mass is 16.5. The van der Waals surface area contributed by atoms with Crippen LogP contribution in [0, 0.1) is 13.8 Å². The molecule has 0 aliphatic carbocycles. The van der Waals surface area contributed by atoms with Crippen LogP contribution >= 0.6 is 0 Å². The van der Waals surface area contributed by atoms with Gasteiger partial charge < -0.3 is 10.1 Å². The lowest BCUT2D eigenvalue weighted by molar-refractivity contribution is 0.0937. The maximum Gasteiger partial charge on any atom is 0.252 e. The number of nitrogens with zero attached hydrogens (tertiary/aromatic N) is 5. The van der Waals surface area contributed by atoms with Crippen LogP contribution in [0.15, 0.2) is 42.6 Å². The number of hydrogen-bond acceptors (Lipinski definition) is 5. The van der Waals surface area contributed by atoms with Gasteiger partial charge in [0, 0.05) is 24.8 Å². The smallest absolute Gasteiger partial charge is 0.252 e. The quantitative estimate of drug-likeness (QED) is 0.519. The van der Waals surface area contributed by atoms with Crippen LogP contribution in [0.4, 0.5) is 0 Å². The van der Waals surface area contributed by atoms with Crippen molar-refractivity contribution < 1.29 is 9.53 Å². The van der Waals surface area contributed by atoms with E-state index in [1.165, 1.54) is 0 Å². The Hall–Kier alpha value is -3.68. The van der Waals surface area contributed by atoms with Crippen LogP contribution in [0.5, 0.6) is 5.75 Å². The lowest BCUT2D eigenvalue weighted by Crippen LogP contribution is -2.36. The fourth-order valence-electron chi connectivity index (χ4n) is 3.73. The van der Waals surface area contributed by atoms with Gasteiger partial charge in [0.25, 0.3) is 5.91 Å². The monoisotopic (exact) mass is 418 g/mol. The van der Waals surface area contributed by atoms with Gasteiger partial charge in [-0.05, 0) is 57.2 Å². The Bertz CT molecular complexity index is 1240. The number of ether oxygens (including phenoxy) is 1. The highest BCUT2D eigenvalue weighted by Crippen LogP contribution is 2.28. The van der Waals surface area contributed by atoms with Gasteiger partial charge in [0.05, 0.1) is 41.7 Å². The summed E-state index contributed by atoms with van der Waals surface area (Å²) in [6, 6.07) is 11.3. The number of fused-ring (bicyclic) bond motifs is 1. The number of carbonyl (C=O) groups is 1. The highest BCUT2D eigenvalue weighted by Gasteiger charge is 2.20. The van der Waals surface area contributed by atoms with Crippen molar-refractivity contribution in [2.24, 2.45) is 7.05 Å². The molecule has 0 unspecified atom stereocenters. The van der Waals surface area contributed by atoms with E-state index in [9.17, 15) is 4.79 Å². The van der Waals surface area contributed by atoms with E-state index < -0.39 is 0 Å². The lowest BCUT2D eigenvalue weighted by Gasteiger charge is -2.15. The maximum absolute atomic E-state index is 13.3. The minimum Gasteiger partial charge on any atom is -0.497 e. The molecule has 1 N–H and O–H groups in total. The van der Waals surface area contributed by atoms with E-state index in [2.05, 4.69) is 15.5 Å². The normalized spacial score (nSPS) is 12.2. The molecule has 1 amide bonds. The first-order chi connectivity index (χ1) is 14.9. The Morgan fingerprint density at radius 2 is 1.90 bits per heavy atom. The second-order valence-corrected chi connectivity index (χ2v) is 7.74. The largest absolute Gasteiger partial charge is 0.497 e. The second kappa shape index (κ2) is 8.22. The predicted molar refractivity (Wildman–Crippen MR) is 119 cm³/mol. The van der Waals surface area contributed by atoms with Gasteiger partial charge in [0.15, 0.2) is 5.65 Å². The molecule has 4 rings (SSSR count). The van der Waals surface area contributed by atoms with Crippen LogP contribution < -0.4 is 10.1 Å². The van der Waals surface area contributed by atoms with Gasteiger partial charge in [-0.3, -0.25) is 14.2 Å². The number of rotatable bonds is 6. The molecule has 0 saturated carbocycles. The molecule has 1 aromatic carbocycles. The van der Waals surface area contributed by atoms with Crippen LogP contribution in [0.2, 0.25) is 0 Å². The van der Waals surface area contributed by atoms with Crippen LogP contribution in [0.1, 0.15) is 28.7 Å². The van der Waals surface area contributed by atoms with Gasteiger partial charge in [-0.25, -0.2) is 4.98 Å². The molecule has 0 aliphatic rings. The molecule has 0 fully saturated rings. The summed E-state index contributed by atoms with van der Waals surface area (Å²) in [6.45, 7) is 6.39. The number of nitrogens with one attached hydrogen (secondary N) is 1. The van der Waals surface area contributed by atoms with Crippen molar-refractivity contribution in [2.45, 2.75) is 33.4 Å². The van der Waals surface area contributed by atoms with E-state index >= 15 is 0 Å². The molecule has 8 heteroatoms. The third kappa shape index (κ3) is 4.14. The van der Waals surface area contributed by atoms with Crippen molar-refractivity contribution >= 4 is 16.9 Å². The summed E-state index contributed by atoms with van der Waals surface area (Å²) in [7, 11) is 3.47. The molecular formula is C23H26N6O2. The summed E-state index contributed by atoms with van der Waals surface area (Å²) in [6.07, 6.45) is 1.91. The number of pyridine rings is 1. The molecule has 0 saturated heterocycles. The minimum atomic E-state index is -0.158. The van der Waals surface area contributed by atoms with Crippen LogP contribution in [-0.2, 0) is 13.6 Å². The first-order valence-corrected chi connectivity index (χ1v) is 10.2. The first-order valence-electron chi connectivity index (χ1n) is 10.2. The zero-order valence-electron chi connectivity index (χ0n) is 18.4. The van der Waals surface area contributed by atoms with Gasteiger partial charge in [0.2, 0.25) is 0 Å². The first kappa shape index (κ1) is 20.6. The average Bonchev–Trinajstić information content (AvgIpc) is 3.29. The third-order valence-electron chi connectivity index (χ3n) is 5.21. The Balaban J connectivity index is 1.70. The maximum atomic E-state index is 13.3. The number of benzene rings is 1. The van der Waals surface area contributed by atoms with E-state index in [4.69, 9.17) is 9.72 Å². The molecule has 8 nitrogen and oxygen atoms in total. The Kier molecular flexibility index (Phi) is 5.46. The average molecular weight is 419 g/mol. The van der Waals surface area contributed by atoms with E-state index in [0.29, 0.717) is 23.4 Å². The van der Waals surface area contributed by atoms with Gasteiger partial charge in [-0.2, -0.15) is 10.2 Å². The van der Waals surface area contributed by atoms with Crippen molar-refractivity contribution in [1.29, 1.82) is 0 Å². The van der Waals surface area contributed by atoms with E-state index in [1.807, 2.05) is 75.1 Å². The molecular weight excluding hydrogens is 392 g/mol. The lowest BCUT2D eigenvalue weighted by atomic mass is 10.0. The summed E-state index contributed by atoms with van der Waals surface area (Å²) in [5.41, 5.74) is 4.56. The standard InChI is InChI=1S/C23H26N6O2/c1-14-10-11-29(26-14)13-15(2)24-23(30)19-12-20(17-6-8-18(31-5)9-7-17)25-22-21(19)16(3)27-28(22)4/h6-12,15H,13H2,1-5H3,(H,24,30)/t15-/m0/s1. The van der Waals surface area contributed by atoms with Crippen LogP contribution in [0.3, 0.4) is 0 Å². The Morgan fingerprint density at radius 3 is 2.55 bits per heavy atom. The SMILES string of the molecule is COc1ccc(-c2cc(C(=O)N[C@@H](C)Cn3ccc(C)n3)c3c(C)nn(C)c3n2)cc1. The van der Waals surface area contributed by atoms with Gasteiger partial charge >= 0.3 is 0 Å². The van der Waals surface area contributed by atoms with E-state index in [0.717, 1.165) is 28.1 Å². The van der Waals surface area contributed by atoms with Gasteiger partial charge in [-0.15, -0.1) is 0 Å². The molecule has 4 aromatic rings. The number of hydrogen-bond donors (Lipinski definition) is 1. The Morgan fingerprint density at radius 1 is 1.16 bits per heavy atom. The van der Waals surface area contributed by atoms with Crippen LogP contribution in [-0.4, -0.2) is 43.6 Å². The minimum absolute atomic E-state index is 0.101. The van der Waals surface area contributed by atoms with Crippen molar-refractivity contribution in [2.75, 3.05) is 7.11 Å². The highest BCUT2D eigenvalue weighted by molar-refractivity contribution is 6.07. The number of amides is 1. The molecule has 31 heavy (non-hydrogen) atoms. The van der Waals surface area contributed by atoms with Crippen molar-refractivity contribution in [3.63, 3.8) is 0 Å². The second-order valence-electron chi connectivity index (χ2n) is 7.74. The zero-order valence-corrected chi connectivity index (χ0v) is 18.4. The third-order valence-corrected chi connectivity index (χ3v) is 5.21. The topological polar surface area (TPSA) is 86.9 Å². The molecule has 3 aromatic heterocycles. The van der Waals surface area contributed by atoms with Gasteiger partial charge in [-0.1, -0.05) is 0 Å². The summed E-state index contributed by atoms with van der Waals surface area (Å²) in [4.78, 5) is 18.1. The molecule has 160 valence electrons. The summed E-state index contributed by atoms with van der Waals surface area (Å²) in [5, 5.41) is 12.7. The van der Waals surface area contributed by atoms with E-state index in [1.54, 1.807) is 11.8 Å².